The van der Waals surface area contributed by atoms with Gasteiger partial charge in [0.05, 0.1) is 5.60 Å². The normalized spacial score (nSPS) is 35.6. The molecule has 100 valence electrons. The average molecular weight is 241 g/mol. The second-order valence-corrected chi connectivity index (χ2v) is 6.85. The van der Waals surface area contributed by atoms with Crippen LogP contribution in [0.2, 0.25) is 0 Å². The van der Waals surface area contributed by atoms with E-state index in [0.29, 0.717) is 5.92 Å². The molecule has 3 nitrogen and oxygen atoms in total. The number of aliphatic hydroxyl groups excluding tert-OH is 1. The summed E-state index contributed by atoms with van der Waals surface area (Å²) in [5.74, 6) is 0.458. The fraction of sp³-hybridized carbons (Fsp3) is 1.00. The molecule has 0 bridgehead atoms. The Balaban J connectivity index is 1.93. The summed E-state index contributed by atoms with van der Waals surface area (Å²) < 4.78 is 0. The SMILES string of the molecule is CC(C)(CO)CN1CCC2(O)CCCCC2C1. The highest BCUT2D eigenvalue weighted by Gasteiger charge is 2.43. The van der Waals surface area contributed by atoms with Gasteiger partial charge in [0.25, 0.3) is 0 Å². The van der Waals surface area contributed by atoms with Gasteiger partial charge < -0.3 is 15.1 Å². The van der Waals surface area contributed by atoms with Crippen molar-refractivity contribution in [2.24, 2.45) is 11.3 Å². The van der Waals surface area contributed by atoms with Gasteiger partial charge in [-0.3, -0.25) is 0 Å². The van der Waals surface area contributed by atoms with Gasteiger partial charge in [-0.15, -0.1) is 0 Å². The number of likely N-dealkylation sites (tertiary alicyclic amines) is 1. The molecule has 1 saturated heterocycles. The van der Waals surface area contributed by atoms with E-state index in [9.17, 15) is 10.2 Å². The zero-order valence-corrected chi connectivity index (χ0v) is 11.3. The molecule has 17 heavy (non-hydrogen) atoms. The molecule has 1 saturated carbocycles. The minimum absolute atomic E-state index is 0.0237. The lowest BCUT2D eigenvalue weighted by molar-refractivity contribution is -0.101. The van der Waals surface area contributed by atoms with Crippen LogP contribution in [0, 0.1) is 11.3 Å². The quantitative estimate of drug-likeness (QED) is 0.789. The number of fused-ring (bicyclic) bond motifs is 1. The fourth-order valence-corrected chi connectivity index (χ4v) is 3.44. The van der Waals surface area contributed by atoms with Gasteiger partial charge in [0, 0.05) is 37.6 Å². The maximum Gasteiger partial charge on any atom is 0.0700 e. The average Bonchev–Trinajstić information content (AvgIpc) is 2.29. The second-order valence-electron chi connectivity index (χ2n) is 6.85. The molecule has 0 aromatic carbocycles. The van der Waals surface area contributed by atoms with Gasteiger partial charge in [0.1, 0.15) is 0 Å². The predicted octanol–water partition coefficient (Wildman–Crippen LogP) is 1.63. The molecule has 2 aliphatic rings. The Morgan fingerprint density at radius 2 is 2.06 bits per heavy atom. The Bertz CT molecular complexity index is 267. The van der Waals surface area contributed by atoms with E-state index in [1.54, 1.807) is 0 Å². The van der Waals surface area contributed by atoms with E-state index >= 15 is 0 Å². The van der Waals surface area contributed by atoms with E-state index in [4.69, 9.17) is 0 Å². The summed E-state index contributed by atoms with van der Waals surface area (Å²) in [6.07, 6.45) is 5.54. The fourth-order valence-electron chi connectivity index (χ4n) is 3.44. The first kappa shape index (κ1) is 13.3. The monoisotopic (exact) mass is 241 g/mol. The standard InChI is InChI=1S/C14H27NO2/c1-13(2,11-16)10-15-8-7-14(17)6-4-3-5-12(14)9-15/h12,16-17H,3-11H2,1-2H3. The highest BCUT2D eigenvalue weighted by Crippen LogP contribution is 2.40. The molecule has 1 heterocycles. The van der Waals surface area contributed by atoms with Crippen molar-refractivity contribution in [2.45, 2.75) is 51.6 Å². The molecule has 0 radical (unpaired) electrons. The molecule has 0 aromatic rings. The summed E-state index contributed by atoms with van der Waals surface area (Å²) in [6, 6.07) is 0. The Kier molecular flexibility index (Phi) is 3.81. The first-order chi connectivity index (χ1) is 7.95. The number of aliphatic hydroxyl groups is 2. The molecule has 2 N–H and O–H groups in total. The smallest absolute Gasteiger partial charge is 0.0700 e. The minimum Gasteiger partial charge on any atom is -0.396 e. The topological polar surface area (TPSA) is 43.7 Å². The largest absolute Gasteiger partial charge is 0.396 e. The van der Waals surface area contributed by atoms with Crippen molar-refractivity contribution in [3.05, 3.63) is 0 Å². The third-order valence-corrected chi connectivity index (χ3v) is 4.59. The van der Waals surface area contributed by atoms with E-state index in [2.05, 4.69) is 18.7 Å². The second kappa shape index (κ2) is 4.87. The molecular weight excluding hydrogens is 214 g/mol. The molecule has 2 rings (SSSR count). The van der Waals surface area contributed by atoms with E-state index < -0.39 is 0 Å². The Morgan fingerprint density at radius 1 is 1.29 bits per heavy atom. The van der Waals surface area contributed by atoms with E-state index in [-0.39, 0.29) is 17.6 Å². The van der Waals surface area contributed by atoms with Crippen molar-refractivity contribution >= 4 is 0 Å². The lowest BCUT2D eigenvalue weighted by Crippen LogP contribution is -2.54. The highest BCUT2D eigenvalue weighted by molar-refractivity contribution is 4.96. The molecule has 0 aromatic heterocycles. The van der Waals surface area contributed by atoms with E-state index in [1.165, 1.54) is 19.3 Å². The lowest BCUT2D eigenvalue weighted by atomic mass is 9.71. The van der Waals surface area contributed by atoms with Gasteiger partial charge in [-0.25, -0.2) is 0 Å². The maximum atomic E-state index is 10.6. The highest BCUT2D eigenvalue weighted by atomic mass is 16.3. The van der Waals surface area contributed by atoms with Crippen LogP contribution in [0.25, 0.3) is 0 Å². The summed E-state index contributed by atoms with van der Waals surface area (Å²) in [7, 11) is 0. The van der Waals surface area contributed by atoms with Crippen molar-refractivity contribution in [3.63, 3.8) is 0 Å². The zero-order valence-electron chi connectivity index (χ0n) is 11.3. The van der Waals surface area contributed by atoms with Crippen LogP contribution in [0.1, 0.15) is 46.0 Å². The molecule has 3 heteroatoms. The Labute approximate surface area is 105 Å². The van der Waals surface area contributed by atoms with Crippen LogP contribution in [-0.2, 0) is 0 Å². The van der Waals surface area contributed by atoms with Crippen LogP contribution in [0.4, 0.5) is 0 Å². The molecule has 2 unspecified atom stereocenters. The first-order valence-electron chi connectivity index (χ1n) is 7.01. The summed E-state index contributed by atoms with van der Waals surface area (Å²) in [4.78, 5) is 2.43. The number of rotatable bonds is 3. The van der Waals surface area contributed by atoms with E-state index in [0.717, 1.165) is 32.5 Å². The summed E-state index contributed by atoms with van der Waals surface area (Å²) >= 11 is 0. The molecule has 1 aliphatic heterocycles. The van der Waals surface area contributed by atoms with Gasteiger partial charge in [-0.1, -0.05) is 26.7 Å². The number of hydrogen-bond acceptors (Lipinski definition) is 3. The van der Waals surface area contributed by atoms with Crippen LogP contribution in [0.15, 0.2) is 0 Å². The van der Waals surface area contributed by atoms with E-state index in [1.807, 2.05) is 0 Å². The molecule has 2 fully saturated rings. The van der Waals surface area contributed by atoms with Gasteiger partial charge in [-0.05, 0) is 19.3 Å². The summed E-state index contributed by atoms with van der Waals surface area (Å²) in [5.41, 5.74) is -0.401. The predicted molar refractivity (Wildman–Crippen MR) is 68.8 cm³/mol. The van der Waals surface area contributed by atoms with Crippen molar-refractivity contribution < 1.29 is 10.2 Å². The van der Waals surface area contributed by atoms with Crippen molar-refractivity contribution in [1.29, 1.82) is 0 Å². The zero-order chi connectivity index (χ0) is 12.5. The number of hydrogen-bond donors (Lipinski definition) is 2. The molecule has 0 spiro atoms. The molecular formula is C14H27NO2. The Hall–Kier alpha value is -0.120. The Morgan fingerprint density at radius 3 is 2.76 bits per heavy atom. The van der Waals surface area contributed by atoms with Gasteiger partial charge in [-0.2, -0.15) is 0 Å². The van der Waals surface area contributed by atoms with Crippen LogP contribution in [0.3, 0.4) is 0 Å². The molecule has 1 aliphatic carbocycles. The van der Waals surface area contributed by atoms with Crippen LogP contribution >= 0.6 is 0 Å². The van der Waals surface area contributed by atoms with Crippen molar-refractivity contribution in [1.82, 2.24) is 4.90 Å². The molecule has 0 amide bonds. The summed E-state index contributed by atoms with van der Waals surface area (Å²) in [5, 5.41) is 19.9. The first-order valence-corrected chi connectivity index (χ1v) is 7.01. The summed E-state index contributed by atoms with van der Waals surface area (Å²) in [6.45, 7) is 7.38. The number of piperidine rings is 1. The van der Waals surface area contributed by atoms with Gasteiger partial charge in [0.15, 0.2) is 0 Å². The van der Waals surface area contributed by atoms with Crippen LogP contribution < -0.4 is 0 Å². The minimum atomic E-state index is -0.377. The van der Waals surface area contributed by atoms with Gasteiger partial charge >= 0.3 is 0 Å². The van der Waals surface area contributed by atoms with Gasteiger partial charge in [0.2, 0.25) is 0 Å². The van der Waals surface area contributed by atoms with Crippen LogP contribution in [0.5, 0.6) is 0 Å². The van der Waals surface area contributed by atoms with Crippen molar-refractivity contribution in [3.8, 4) is 0 Å². The third-order valence-electron chi connectivity index (χ3n) is 4.59. The number of nitrogens with zero attached hydrogens (tertiary/aromatic N) is 1. The lowest BCUT2D eigenvalue weighted by Gasteiger charge is -2.48. The van der Waals surface area contributed by atoms with Crippen LogP contribution in [-0.4, -0.2) is 47.0 Å². The molecule has 2 atom stereocenters. The maximum absolute atomic E-state index is 10.6. The third kappa shape index (κ3) is 3.01. The van der Waals surface area contributed by atoms with Crippen molar-refractivity contribution in [2.75, 3.05) is 26.2 Å².